The van der Waals surface area contributed by atoms with Gasteiger partial charge in [-0.25, -0.2) is 4.79 Å². The molecule has 1 aliphatic rings. The van der Waals surface area contributed by atoms with Gasteiger partial charge in [0.05, 0.1) is 0 Å². The topological polar surface area (TPSA) is 95.9 Å². The van der Waals surface area contributed by atoms with Crippen LogP contribution < -0.4 is 5.32 Å². The fourth-order valence-electron chi connectivity index (χ4n) is 2.96. The Hall–Kier alpha value is -2.70. The zero-order valence-electron chi connectivity index (χ0n) is 14.2. The molecule has 0 bridgehead atoms. The first kappa shape index (κ1) is 18.1. The number of alkyl carbamates (subject to hydrolysis) is 1. The van der Waals surface area contributed by atoms with Crippen molar-refractivity contribution in [3.8, 4) is 0 Å². The van der Waals surface area contributed by atoms with Gasteiger partial charge in [-0.15, -0.1) is 0 Å². The summed E-state index contributed by atoms with van der Waals surface area (Å²) in [7, 11) is 0. The fourth-order valence-corrected chi connectivity index (χ4v) is 2.96. The number of aliphatic hydroxyl groups excluding tert-OH is 2. The lowest BCUT2D eigenvalue weighted by molar-refractivity contribution is 0.0183. The molecule has 1 amide bonds. The number of benzene rings is 2. The first-order chi connectivity index (χ1) is 12.5. The van der Waals surface area contributed by atoms with E-state index in [4.69, 9.17) is 4.74 Å². The van der Waals surface area contributed by atoms with Crippen molar-refractivity contribution < 1.29 is 24.5 Å². The number of hydrogen-bond donors (Lipinski definition) is 3. The summed E-state index contributed by atoms with van der Waals surface area (Å²) in [4.78, 5) is 23.4. The van der Waals surface area contributed by atoms with Crippen molar-refractivity contribution in [2.45, 2.75) is 31.7 Å². The van der Waals surface area contributed by atoms with Crippen LogP contribution >= 0.6 is 0 Å². The molecule has 0 saturated heterocycles. The van der Waals surface area contributed by atoms with Crippen LogP contribution in [0, 0.1) is 0 Å². The molecule has 0 radical (unpaired) electrons. The minimum Gasteiger partial charge on any atom is -0.445 e. The van der Waals surface area contributed by atoms with Crippen LogP contribution in [0.1, 0.15) is 39.6 Å². The quantitative estimate of drug-likeness (QED) is 0.738. The molecule has 6 heteroatoms. The second-order valence-corrected chi connectivity index (χ2v) is 6.29. The Labute approximate surface area is 151 Å². The van der Waals surface area contributed by atoms with Gasteiger partial charge in [0.25, 0.3) is 0 Å². The zero-order chi connectivity index (χ0) is 18.5. The van der Waals surface area contributed by atoms with Crippen molar-refractivity contribution in [1.82, 2.24) is 5.32 Å². The summed E-state index contributed by atoms with van der Waals surface area (Å²) in [5.74, 6) is 0.101. The summed E-state index contributed by atoms with van der Waals surface area (Å²) < 4.78 is 5.06. The number of ether oxygens (including phenoxy) is 1. The SMILES string of the molecule is O=C(NCC(O)C(O)c1ccc2c(c1)CCC2=O)OCc1ccccc1. The predicted molar refractivity (Wildman–Crippen MR) is 94.7 cm³/mol. The lowest BCUT2D eigenvalue weighted by atomic mass is 9.99. The third kappa shape index (κ3) is 4.28. The van der Waals surface area contributed by atoms with Gasteiger partial charge in [-0.2, -0.15) is 0 Å². The highest BCUT2D eigenvalue weighted by atomic mass is 16.5. The van der Waals surface area contributed by atoms with E-state index in [1.54, 1.807) is 18.2 Å². The minimum absolute atomic E-state index is 0.101. The molecule has 0 aromatic heterocycles. The van der Waals surface area contributed by atoms with Gasteiger partial charge in [-0.05, 0) is 23.1 Å². The number of hydrogen-bond acceptors (Lipinski definition) is 5. The third-order valence-electron chi connectivity index (χ3n) is 4.43. The first-order valence-electron chi connectivity index (χ1n) is 8.51. The highest BCUT2D eigenvalue weighted by Crippen LogP contribution is 2.26. The maximum atomic E-state index is 11.7. The average Bonchev–Trinajstić information content (AvgIpc) is 3.05. The molecule has 2 aromatic carbocycles. The molecule has 3 rings (SSSR count). The van der Waals surface area contributed by atoms with E-state index in [0.717, 1.165) is 11.1 Å². The highest BCUT2D eigenvalue weighted by molar-refractivity contribution is 6.00. The standard InChI is InChI=1S/C20H21NO5/c22-17-9-7-14-10-15(6-8-16(14)17)19(24)18(23)11-21-20(25)26-12-13-4-2-1-3-5-13/h1-6,8,10,18-19,23-24H,7,9,11-12H2,(H,21,25). The molecule has 3 N–H and O–H groups in total. The molecule has 26 heavy (non-hydrogen) atoms. The molecular weight excluding hydrogens is 334 g/mol. The maximum absolute atomic E-state index is 11.7. The molecule has 0 fully saturated rings. The number of fused-ring (bicyclic) bond motifs is 1. The second-order valence-electron chi connectivity index (χ2n) is 6.29. The Kier molecular flexibility index (Phi) is 5.65. The van der Waals surface area contributed by atoms with Gasteiger partial charge >= 0.3 is 6.09 Å². The average molecular weight is 355 g/mol. The number of carbonyl (C=O) groups excluding carboxylic acids is 2. The lowest BCUT2D eigenvalue weighted by Gasteiger charge is -2.19. The number of Topliss-reactive ketones (excluding diaryl/α,β-unsaturated/α-hetero) is 1. The summed E-state index contributed by atoms with van der Waals surface area (Å²) in [6.07, 6.45) is -1.89. The lowest BCUT2D eigenvalue weighted by Crippen LogP contribution is -2.35. The van der Waals surface area contributed by atoms with Crippen LogP contribution in [0.3, 0.4) is 0 Å². The minimum atomic E-state index is -1.19. The molecular formula is C20H21NO5. The van der Waals surface area contributed by atoms with Gasteiger partial charge in [-0.3, -0.25) is 4.79 Å². The number of nitrogens with one attached hydrogen (secondary N) is 1. The molecule has 2 aromatic rings. The first-order valence-corrected chi connectivity index (χ1v) is 8.51. The van der Waals surface area contributed by atoms with Gasteiger partial charge in [0.15, 0.2) is 5.78 Å². The van der Waals surface area contributed by atoms with Crippen LogP contribution in [0.25, 0.3) is 0 Å². The molecule has 0 aliphatic heterocycles. The Morgan fingerprint density at radius 3 is 2.65 bits per heavy atom. The van der Waals surface area contributed by atoms with E-state index in [9.17, 15) is 19.8 Å². The zero-order valence-corrected chi connectivity index (χ0v) is 14.2. The largest absolute Gasteiger partial charge is 0.445 e. The molecule has 2 unspecified atom stereocenters. The van der Waals surface area contributed by atoms with Crippen molar-refractivity contribution in [3.05, 3.63) is 70.8 Å². The molecule has 1 aliphatic carbocycles. The smallest absolute Gasteiger partial charge is 0.407 e. The van der Waals surface area contributed by atoms with Crippen molar-refractivity contribution >= 4 is 11.9 Å². The van der Waals surface area contributed by atoms with Crippen LogP contribution in [0.5, 0.6) is 0 Å². The molecule has 0 saturated carbocycles. The van der Waals surface area contributed by atoms with Crippen LogP contribution in [0.2, 0.25) is 0 Å². The molecule has 0 heterocycles. The molecule has 0 spiro atoms. The van der Waals surface area contributed by atoms with Crippen LogP contribution in [0.4, 0.5) is 4.79 Å². The van der Waals surface area contributed by atoms with E-state index in [1.807, 2.05) is 30.3 Å². The Morgan fingerprint density at radius 1 is 1.12 bits per heavy atom. The van der Waals surface area contributed by atoms with Crippen LogP contribution in [-0.2, 0) is 17.8 Å². The van der Waals surface area contributed by atoms with E-state index in [0.29, 0.717) is 24.0 Å². The van der Waals surface area contributed by atoms with E-state index in [1.165, 1.54) is 0 Å². The number of rotatable bonds is 6. The monoisotopic (exact) mass is 355 g/mol. The van der Waals surface area contributed by atoms with E-state index in [-0.39, 0.29) is 18.9 Å². The normalized spacial score (nSPS) is 15.2. The highest BCUT2D eigenvalue weighted by Gasteiger charge is 2.24. The van der Waals surface area contributed by atoms with Gasteiger partial charge in [0, 0.05) is 18.5 Å². The van der Waals surface area contributed by atoms with E-state index in [2.05, 4.69) is 5.32 Å². The van der Waals surface area contributed by atoms with Gasteiger partial charge in [0.1, 0.15) is 18.8 Å². The number of ketones is 1. The van der Waals surface area contributed by atoms with Crippen molar-refractivity contribution in [2.24, 2.45) is 0 Å². The van der Waals surface area contributed by atoms with Crippen LogP contribution in [-0.4, -0.2) is 34.7 Å². The Balaban J connectivity index is 1.49. The third-order valence-corrected chi connectivity index (χ3v) is 4.43. The van der Waals surface area contributed by atoms with Crippen molar-refractivity contribution in [1.29, 1.82) is 0 Å². The molecule has 2 atom stereocenters. The van der Waals surface area contributed by atoms with Crippen molar-refractivity contribution in [3.63, 3.8) is 0 Å². The molecule has 136 valence electrons. The van der Waals surface area contributed by atoms with E-state index < -0.39 is 18.3 Å². The summed E-state index contributed by atoms with van der Waals surface area (Å²) in [5, 5.41) is 22.8. The van der Waals surface area contributed by atoms with Crippen molar-refractivity contribution in [2.75, 3.05) is 6.54 Å². The number of aliphatic hydroxyl groups is 2. The Bertz CT molecular complexity index is 790. The summed E-state index contributed by atoms with van der Waals surface area (Å²) >= 11 is 0. The van der Waals surface area contributed by atoms with Gasteiger partial charge in [0.2, 0.25) is 0 Å². The molecule has 6 nitrogen and oxygen atoms in total. The Morgan fingerprint density at radius 2 is 1.88 bits per heavy atom. The van der Waals surface area contributed by atoms with E-state index >= 15 is 0 Å². The fraction of sp³-hybridized carbons (Fsp3) is 0.300. The van der Waals surface area contributed by atoms with Gasteiger partial charge < -0.3 is 20.3 Å². The predicted octanol–water partition coefficient (Wildman–Crippen LogP) is 2.14. The maximum Gasteiger partial charge on any atom is 0.407 e. The summed E-state index contributed by atoms with van der Waals surface area (Å²) in [6, 6.07) is 14.3. The van der Waals surface area contributed by atoms with Gasteiger partial charge in [-0.1, -0.05) is 48.5 Å². The summed E-state index contributed by atoms with van der Waals surface area (Å²) in [5.41, 5.74) is 2.94. The number of carbonyl (C=O) groups is 2. The second kappa shape index (κ2) is 8.12. The summed E-state index contributed by atoms with van der Waals surface area (Å²) in [6.45, 7) is -0.0189. The number of aryl methyl sites for hydroxylation is 1. The van der Waals surface area contributed by atoms with Crippen LogP contribution in [0.15, 0.2) is 48.5 Å². The number of amides is 1.